The van der Waals surface area contributed by atoms with Crippen molar-refractivity contribution >= 4 is 6.41 Å². The fourth-order valence-electron chi connectivity index (χ4n) is 0. The van der Waals surface area contributed by atoms with Crippen molar-refractivity contribution < 1.29 is 42.1 Å². The third kappa shape index (κ3) is 15.6. The molecule has 0 rings (SSSR count). The molecule has 2 N–H and O–H groups in total. The molecule has 2 nitrogen and oxygen atoms in total. The van der Waals surface area contributed by atoms with Crippen molar-refractivity contribution in [3.63, 3.8) is 0 Å². The third-order valence-electron chi connectivity index (χ3n) is 0. The molecule has 0 atom stereocenters. The average Bonchev–Trinajstić information content (AvgIpc) is 0.918. The molecule has 0 bridgehead atoms. The Balaban J connectivity index is 0. The van der Waals surface area contributed by atoms with Gasteiger partial charge in [0.1, 0.15) is 0 Å². The SMILES string of the molecule is NC=O.[Er]. The molecule has 0 unspecified atom stereocenters. The minimum absolute atomic E-state index is 0. The van der Waals surface area contributed by atoms with Gasteiger partial charge in [-0.25, -0.2) is 0 Å². The second kappa shape index (κ2) is 9.31. The molecule has 4 heavy (non-hydrogen) atoms. The van der Waals surface area contributed by atoms with Gasteiger partial charge in [-0.15, -0.1) is 0 Å². The fourth-order valence-corrected chi connectivity index (χ4v) is 0. The third-order valence-corrected chi connectivity index (χ3v) is 0. The van der Waals surface area contributed by atoms with Gasteiger partial charge in [0.2, 0.25) is 6.41 Å². The zero-order valence-corrected chi connectivity index (χ0v) is 3.70. The maximum Gasteiger partial charge on any atom is 0.204 e. The molecule has 0 aliphatic heterocycles. The Morgan fingerprint density at radius 3 is 1.75 bits per heavy atom. The van der Waals surface area contributed by atoms with Crippen LogP contribution in [0.2, 0.25) is 0 Å². The van der Waals surface area contributed by atoms with Crippen LogP contribution in [0.3, 0.4) is 0 Å². The maximum atomic E-state index is 8.58. The average molecular weight is 212 g/mol. The molecule has 0 aliphatic rings. The van der Waals surface area contributed by atoms with Crippen LogP contribution < -0.4 is 5.73 Å². The monoisotopic (exact) mass is 211 g/mol. The number of amides is 1. The molecule has 0 aromatic carbocycles. The van der Waals surface area contributed by atoms with E-state index in [1.54, 1.807) is 0 Å². The number of nitrogens with two attached hydrogens (primary N) is 1. The van der Waals surface area contributed by atoms with Crippen molar-refractivity contribution in [1.29, 1.82) is 0 Å². The van der Waals surface area contributed by atoms with Crippen LogP contribution in [-0.2, 0) is 4.79 Å². The molecule has 0 aromatic heterocycles. The van der Waals surface area contributed by atoms with E-state index in [1.165, 1.54) is 0 Å². The molecule has 3 heteroatoms. The van der Waals surface area contributed by atoms with Crippen molar-refractivity contribution in [2.45, 2.75) is 0 Å². The van der Waals surface area contributed by atoms with E-state index in [9.17, 15) is 0 Å². The van der Waals surface area contributed by atoms with Gasteiger partial charge in [0.15, 0.2) is 0 Å². The smallest absolute Gasteiger partial charge is 0.204 e. The Morgan fingerprint density at radius 2 is 1.75 bits per heavy atom. The first-order valence-electron chi connectivity index (χ1n) is 0.569. The van der Waals surface area contributed by atoms with Crippen molar-refractivity contribution in [1.82, 2.24) is 0 Å². The predicted octanol–water partition coefficient (Wildman–Crippen LogP) is -0.899. The normalized spacial score (nSPS) is 3.00. The molecule has 0 spiro atoms. The molecule has 0 aliphatic carbocycles. The molecule has 0 saturated heterocycles. The molecule has 0 aromatic rings. The first-order chi connectivity index (χ1) is 1.41. The van der Waals surface area contributed by atoms with Crippen LogP contribution in [0, 0.1) is 37.3 Å². The van der Waals surface area contributed by atoms with Crippen LogP contribution in [0.15, 0.2) is 0 Å². The van der Waals surface area contributed by atoms with E-state index in [1.807, 2.05) is 0 Å². The predicted molar refractivity (Wildman–Crippen MR) is 10.3 cm³/mol. The first kappa shape index (κ1) is 8.83. The maximum absolute atomic E-state index is 8.58. The van der Waals surface area contributed by atoms with Crippen molar-refractivity contribution in [2.24, 2.45) is 5.73 Å². The van der Waals surface area contributed by atoms with Crippen LogP contribution >= 0.6 is 0 Å². The van der Waals surface area contributed by atoms with Crippen molar-refractivity contribution in [3.8, 4) is 0 Å². The minimum atomic E-state index is 0. The molecule has 0 heterocycles. The Hall–Kier alpha value is 0.717. The standard InChI is InChI=1S/CH3NO.Er/c2-1-3;/h1H,(H2,2,3);. The van der Waals surface area contributed by atoms with Crippen molar-refractivity contribution in [3.05, 3.63) is 0 Å². The van der Waals surface area contributed by atoms with Gasteiger partial charge in [-0.3, -0.25) is 4.79 Å². The van der Waals surface area contributed by atoms with E-state index in [0.29, 0.717) is 0 Å². The summed E-state index contributed by atoms with van der Waals surface area (Å²) in [5, 5.41) is 0. The zero-order chi connectivity index (χ0) is 2.71. The van der Waals surface area contributed by atoms with E-state index in [-0.39, 0.29) is 43.7 Å². The Bertz CT molecular complexity index is 15.5. The van der Waals surface area contributed by atoms with Gasteiger partial charge < -0.3 is 5.73 Å². The van der Waals surface area contributed by atoms with Gasteiger partial charge in [-0.1, -0.05) is 0 Å². The number of rotatable bonds is 0. The number of carbonyl (C=O) groups is 1. The molecular formula is CH3ErNO. The topological polar surface area (TPSA) is 43.1 Å². The van der Waals surface area contributed by atoms with Gasteiger partial charge >= 0.3 is 0 Å². The molecule has 30 valence electrons. The second-order valence-electron chi connectivity index (χ2n) is 0.136. The van der Waals surface area contributed by atoms with Gasteiger partial charge in [-0.05, 0) is 0 Å². The van der Waals surface area contributed by atoms with E-state index >= 15 is 0 Å². The quantitative estimate of drug-likeness (QED) is 0.520. The summed E-state index contributed by atoms with van der Waals surface area (Å²) in [5.41, 5.74) is 4.17. The summed E-state index contributed by atoms with van der Waals surface area (Å²) >= 11 is 0. The molecule has 1 amide bonds. The fraction of sp³-hybridized carbons (Fsp3) is 0. The number of carbonyl (C=O) groups excluding carboxylic acids is 1. The molecule has 0 fully saturated rings. The molecule has 0 radical (unpaired) electrons. The summed E-state index contributed by atoms with van der Waals surface area (Å²) in [5.74, 6) is 0. The van der Waals surface area contributed by atoms with Gasteiger partial charge in [-0.2, -0.15) is 0 Å². The van der Waals surface area contributed by atoms with Crippen LogP contribution in [0.25, 0.3) is 0 Å². The van der Waals surface area contributed by atoms with E-state index in [4.69, 9.17) is 4.79 Å². The Labute approximate surface area is 53.9 Å². The molecule has 0 saturated carbocycles. The summed E-state index contributed by atoms with van der Waals surface area (Å²) in [6.07, 6.45) is 0.250. The Kier molecular flexibility index (Phi) is 20.5. The summed E-state index contributed by atoms with van der Waals surface area (Å²) in [4.78, 5) is 8.58. The number of hydrogen-bond donors (Lipinski definition) is 1. The van der Waals surface area contributed by atoms with E-state index < -0.39 is 0 Å². The van der Waals surface area contributed by atoms with Gasteiger partial charge in [0, 0.05) is 37.3 Å². The van der Waals surface area contributed by atoms with Crippen LogP contribution in [0.5, 0.6) is 0 Å². The number of primary amides is 1. The summed E-state index contributed by atoms with van der Waals surface area (Å²) in [6.45, 7) is 0. The van der Waals surface area contributed by atoms with Gasteiger partial charge in [0.25, 0.3) is 0 Å². The minimum Gasteiger partial charge on any atom is -0.372 e. The first-order valence-corrected chi connectivity index (χ1v) is 0.569. The Morgan fingerprint density at radius 1 is 1.75 bits per heavy atom. The van der Waals surface area contributed by atoms with E-state index in [0.717, 1.165) is 0 Å². The summed E-state index contributed by atoms with van der Waals surface area (Å²) in [6, 6.07) is 0. The molecular weight excluding hydrogens is 209 g/mol. The van der Waals surface area contributed by atoms with Crippen LogP contribution in [0.4, 0.5) is 0 Å². The van der Waals surface area contributed by atoms with Gasteiger partial charge in [0.05, 0.1) is 0 Å². The summed E-state index contributed by atoms with van der Waals surface area (Å²) in [7, 11) is 0. The van der Waals surface area contributed by atoms with E-state index in [2.05, 4.69) is 5.73 Å². The van der Waals surface area contributed by atoms with Crippen LogP contribution in [0.1, 0.15) is 0 Å². The second-order valence-corrected chi connectivity index (χ2v) is 0.136. The largest absolute Gasteiger partial charge is 0.372 e. The van der Waals surface area contributed by atoms with Crippen LogP contribution in [-0.4, -0.2) is 6.41 Å². The summed E-state index contributed by atoms with van der Waals surface area (Å²) < 4.78 is 0. The van der Waals surface area contributed by atoms with Crippen molar-refractivity contribution in [2.75, 3.05) is 0 Å². The zero-order valence-electron chi connectivity index (χ0n) is 1.85. The number of hydrogen-bond acceptors (Lipinski definition) is 1.